The highest BCUT2D eigenvalue weighted by molar-refractivity contribution is 8.00. The number of aryl methyl sites for hydroxylation is 1. The molecule has 1 fully saturated rings. The maximum atomic E-state index is 5.98. The van der Waals surface area contributed by atoms with E-state index in [1.54, 1.807) is 0 Å². The predicted octanol–water partition coefficient (Wildman–Crippen LogP) is 3.71. The van der Waals surface area contributed by atoms with Crippen LogP contribution in [0.1, 0.15) is 31.1 Å². The van der Waals surface area contributed by atoms with Crippen LogP contribution in [0.4, 0.5) is 0 Å². The van der Waals surface area contributed by atoms with Crippen molar-refractivity contribution in [1.29, 1.82) is 0 Å². The Morgan fingerprint density at radius 1 is 1.23 bits per heavy atom. The first kappa shape index (κ1) is 19.1. The number of aliphatic imine (C=N–C) groups is 1. The summed E-state index contributed by atoms with van der Waals surface area (Å²) in [7, 11) is 0. The van der Waals surface area contributed by atoms with Gasteiger partial charge in [0.25, 0.3) is 0 Å². The molecule has 2 aromatic rings. The van der Waals surface area contributed by atoms with Gasteiger partial charge in [0.1, 0.15) is 17.9 Å². The maximum absolute atomic E-state index is 5.98. The van der Waals surface area contributed by atoms with Gasteiger partial charge in [0.15, 0.2) is 5.96 Å². The van der Waals surface area contributed by atoms with Crippen LogP contribution < -0.4 is 10.6 Å². The van der Waals surface area contributed by atoms with Crippen LogP contribution >= 0.6 is 11.8 Å². The molecule has 1 saturated heterocycles. The predicted molar refractivity (Wildman–Crippen MR) is 110 cm³/mol. The van der Waals surface area contributed by atoms with E-state index >= 15 is 0 Å². The van der Waals surface area contributed by atoms with Crippen molar-refractivity contribution in [3.63, 3.8) is 0 Å². The number of fused-ring (bicyclic) bond motifs is 1. The first-order valence-corrected chi connectivity index (χ1v) is 10.5. The van der Waals surface area contributed by atoms with E-state index in [-0.39, 0.29) is 4.75 Å². The van der Waals surface area contributed by atoms with E-state index in [2.05, 4.69) is 36.8 Å². The molecule has 26 heavy (non-hydrogen) atoms. The summed E-state index contributed by atoms with van der Waals surface area (Å²) in [5.41, 5.74) is 2.10. The second-order valence-electron chi connectivity index (χ2n) is 6.69. The molecule has 0 unspecified atom stereocenters. The van der Waals surface area contributed by atoms with Gasteiger partial charge >= 0.3 is 0 Å². The molecule has 3 rings (SSSR count). The van der Waals surface area contributed by atoms with Crippen molar-refractivity contribution in [2.24, 2.45) is 4.99 Å². The molecule has 0 amide bonds. The van der Waals surface area contributed by atoms with Gasteiger partial charge in [-0.15, -0.1) is 0 Å². The molecule has 0 bridgehead atoms. The molecule has 6 heteroatoms. The van der Waals surface area contributed by atoms with Gasteiger partial charge in [-0.25, -0.2) is 4.99 Å². The molecule has 1 aromatic carbocycles. The highest BCUT2D eigenvalue weighted by Crippen LogP contribution is 2.33. The van der Waals surface area contributed by atoms with Crippen LogP contribution in [-0.2, 0) is 11.3 Å². The highest BCUT2D eigenvalue weighted by Gasteiger charge is 2.31. The van der Waals surface area contributed by atoms with Gasteiger partial charge in [-0.05, 0) is 39.0 Å². The number of nitrogens with zero attached hydrogens (tertiary/aromatic N) is 1. The first-order chi connectivity index (χ1) is 12.7. The van der Waals surface area contributed by atoms with Crippen LogP contribution in [0.2, 0.25) is 0 Å². The molecule has 0 aliphatic carbocycles. The SMILES string of the molecule is CCNC(=NCc1oc2ccccc2c1C)NCC1(SC)CCOCC1. The monoisotopic (exact) mass is 375 g/mol. The Morgan fingerprint density at radius 3 is 2.69 bits per heavy atom. The number of ether oxygens (including phenoxy) is 1. The molecule has 0 spiro atoms. The third-order valence-electron chi connectivity index (χ3n) is 5.08. The van der Waals surface area contributed by atoms with Crippen molar-refractivity contribution in [1.82, 2.24) is 10.6 Å². The van der Waals surface area contributed by atoms with Crippen molar-refractivity contribution in [3.05, 3.63) is 35.6 Å². The van der Waals surface area contributed by atoms with Gasteiger partial charge in [0, 0.05) is 42.0 Å². The van der Waals surface area contributed by atoms with E-state index < -0.39 is 0 Å². The van der Waals surface area contributed by atoms with Gasteiger partial charge in [0.2, 0.25) is 0 Å². The average molecular weight is 376 g/mol. The summed E-state index contributed by atoms with van der Waals surface area (Å²) >= 11 is 1.93. The largest absolute Gasteiger partial charge is 0.459 e. The number of benzene rings is 1. The smallest absolute Gasteiger partial charge is 0.191 e. The zero-order valence-corrected chi connectivity index (χ0v) is 16.7. The summed E-state index contributed by atoms with van der Waals surface area (Å²) in [5, 5.41) is 8.04. The summed E-state index contributed by atoms with van der Waals surface area (Å²) < 4.78 is 11.7. The van der Waals surface area contributed by atoms with Crippen molar-refractivity contribution in [3.8, 4) is 0 Å². The van der Waals surface area contributed by atoms with E-state index in [9.17, 15) is 0 Å². The van der Waals surface area contributed by atoms with Crippen molar-refractivity contribution in [2.75, 3.05) is 32.6 Å². The van der Waals surface area contributed by atoms with Crippen LogP contribution in [0.5, 0.6) is 0 Å². The number of para-hydroxylation sites is 1. The van der Waals surface area contributed by atoms with Crippen LogP contribution in [0.25, 0.3) is 11.0 Å². The Hall–Kier alpha value is -1.66. The lowest BCUT2D eigenvalue weighted by atomic mass is 9.99. The Balaban J connectivity index is 1.69. The molecule has 0 atom stereocenters. The normalized spacial score (nSPS) is 17.4. The molecule has 1 aliphatic heterocycles. The third-order valence-corrected chi connectivity index (χ3v) is 6.50. The molecule has 142 valence electrons. The Morgan fingerprint density at radius 2 is 2.00 bits per heavy atom. The summed E-state index contributed by atoms with van der Waals surface area (Å²) in [5.74, 6) is 1.77. The Bertz CT molecular complexity index is 751. The van der Waals surface area contributed by atoms with E-state index in [0.29, 0.717) is 6.54 Å². The lowest BCUT2D eigenvalue weighted by Gasteiger charge is -2.36. The summed E-state index contributed by atoms with van der Waals surface area (Å²) in [6.07, 6.45) is 4.33. The third kappa shape index (κ3) is 4.35. The van der Waals surface area contributed by atoms with Crippen LogP contribution in [-0.4, -0.2) is 43.3 Å². The van der Waals surface area contributed by atoms with Gasteiger partial charge in [-0.2, -0.15) is 11.8 Å². The van der Waals surface area contributed by atoms with Gasteiger partial charge in [-0.1, -0.05) is 18.2 Å². The number of guanidine groups is 1. The van der Waals surface area contributed by atoms with Crippen molar-refractivity contribution in [2.45, 2.75) is 38.0 Å². The zero-order valence-electron chi connectivity index (χ0n) is 15.9. The van der Waals surface area contributed by atoms with Gasteiger partial charge in [-0.3, -0.25) is 0 Å². The number of hydrogen-bond acceptors (Lipinski definition) is 4. The van der Waals surface area contributed by atoms with Gasteiger partial charge < -0.3 is 19.8 Å². The number of thioether (sulfide) groups is 1. The average Bonchev–Trinajstić information content (AvgIpc) is 3.01. The molecular formula is C20H29N3O2S. The Kier molecular flexibility index (Phi) is 6.48. The quantitative estimate of drug-likeness (QED) is 0.595. The van der Waals surface area contributed by atoms with E-state index in [4.69, 9.17) is 14.1 Å². The minimum Gasteiger partial charge on any atom is -0.459 e. The molecule has 2 heterocycles. The fourth-order valence-electron chi connectivity index (χ4n) is 3.31. The first-order valence-electron chi connectivity index (χ1n) is 9.29. The van der Waals surface area contributed by atoms with Gasteiger partial charge in [0.05, 0.1) is 0 Å². The number of hydrogen-bond donors (Lipinski definition) is 2. The second-order valence-corrected chi connectivity index (χ2v) is 7.97. The van der Waals surface area contributed by atoms with Crippen LogP contribution in [0, 0.1) is 6.92 Å². The lowest BCUT2D eigenvalue weighted by molar-refractivity contribution is 0.0783. The fourth-order valence-corrected chi connectivity index (χ4v) is 4.10. The second kappa shape index (κ2) is 8.82. The molecule has 1 aromatic heterocycles. The topological polar surface area (TPSA) is 58.8 Å². The fraction of sp³-hybridized carbons (Fsp3) is 0.550. The summed E-state index contributed by atoms with van der Waals surface area (Å²) in [6.45, 7) is 8.13. The standard InChI is InChI=1S/C20H29N3O2S/c1-4-21-19(23-14-20(26-3)9-11-24-12-10-20)22-13-18-15(2)16-7-5-6-8-17(16)25-18/h5-8H,4,9-14H2,1-3H3,(H2,21,22,23). The maximum Gasteiger partial charge on any atom is 0.191 e. The van der Waals surface area contributed by atoms with Crippen molar-refractivity contribution < 1.29 is 9.15 Å². The molecular weight excluding hydrogens is 346 g/mol. The van der Waals surface area contributed by atoms with E-state index in [0.717, 1.165) is 56.4 Å². The summed E-state index contributed by atoms with van der Waals surface area (Å²) in [4.78, 5) is 4.75. The number of furan rings is 1. The molecule has 5 nitrogen and oxygen atoms in total. The van der Waals surface area contributed by atoms with Crippen LogP contribution in [0.3, 0.4) is 0 Å². The zero-order chi connectivity index (χ0) is 18.4. The van der Waals surface area contributed by atoms with E-state index in [1.807, 2.05) is 30.0 Å². The number of nitrogens with one attached hydrogen (secondary N) is 2. The van der Waals surface area contributed by atoms with Crippen LogP contribution in [0.15, 0.2) is 33.7 Å². The minimum atomic E-state index is 0.226. The lowest BCUT2D eigenvalue weighted by Crippen LogP contribution is -2.47. The highest BCUT2D eigenvalue weighted by atomic mass is 32.2. The molecule has 0 radical (unpaired) electrons. The molecule has 1 aliphatic rings. The molecule has 0 saturated carbocycles. The minimum absolute atomic E-state index is 0.226. The molecule has 2 N–H and O–H groups in total. The Labute approximate surface area is 160 Å². The number of rotatable bonds is 6. The van der Waals surface area contributed by atoms with E-state index in [1.165, 1.54) is 10.9 Å². The van der Waals surface area contributed by atoms with Crippen molar-refractivity contribution >= 4 is 28.7 Å². The summed E-state index contributed by atoms with van der Waals surface area (Å²) in [6, 6.07) is 8.14.